The van der Waals surface area contributed by atoms with E-state index in [4.69, 9.17) is 10.5 Å². The van der Waals surface area contributed by atoms with Crippen molar-refractivity contribution in [2.45, 2.75) is 12.6 Å². The molecule has 0 amide bonds. The minimum atomic E-state index is -0.503. The van der Waals surface area contributed by atoms with Gasteiger partial charge in [-0.15, -0.1) is 0 Å². The molecule has 1 heterocycles. The van der Waals surface area contributed by atoms with Crippen molar-refractivity contribution in [3.05, 3.63) is 71.6 Å². The zero-order chi connectivity index (χ0) is 16.9. The van der Waals surface area contributed by atoms with Gasteiger partial charge >= 0.3 is 0 Å². The molecular weight excluding hydrogens is 309 g/mol. The highest BCUT2D eigenvalue weighted by atomic mass is 19.1. The summed E-state index contributed by atoms with van der Waals surface area (Å²) in [6.07, 6.45) is 0. The predicted molar refractivity (Wildman–Crippen MR) is 89.1 cm³/mol. The van der Waals surface area contributed by atoms with Crippen molar-refractivity contribution in [2.24, 2.45) is 5.73 Å². The van der Waals surface area contributed by atoms with Gasteiger partial charge in [-0.2, -0.15) is 5.10 Å². The molecule has 124 valence electrons. The van der Waals surface area contributed by atoms with E-state index in [1.807, 2.05) is 24.3 Å². The lowest BCUT2D eigenvalue weighted by atomic mass is 10.1. The van der Waals surface area contributed by atoms with E-state index in [1.54, 1.807) is 19.2 Å². The second kappa shape index (κ2) is 7.10. The third-order valence-corrected chi connectivity index (χ3v) is 3.61. The summed E-state index contributed by atoms with van der Waals surface area (Å²) in [5.41, 5.74) is 7.81. The summed E-state index contributed by atoms with van der Waals surface area (Å²) in [6, 6.07) is 13.1. The number of nitrogens with two attached hydrogens (primary N) is 1. The summed E-state index contributed by atoms with van der Waals surface area (Å²) in [5, 5.41) is 10.2. The highest BCUT2D eigenvalue weighted by Gasteiger charge is 2.14. The normalized spacial score (nSPS) is 12.0. The quantitative estimate of drug-likeness (QED) is 0.647. The molecule has 0 saturated carbocycles. The SMILES string of the molecule is COc1ccc(NCc2nc([C@@H](N)c3ccc(F)cc3)n[nH]2)cc1. The van der Waals surface area contributed by atoms with E-state index in [2.05, 4.69) is 20.5 Å². The van der Waals surface area contributed by atoms with Crippen LogP contribution in [0.3, 0.4) is 0 Å². The molecule has 6 nitrogen and oxygen atoms in total. The van der Waals surface area contributed by atoms with E-state index in [9.17, 15) is 4.39 Å². The van der Waals surface area contributed by atoms with Crippen LogP contribution >= 0.6 is 0 Å². The second-order valence-corrected chi connectivity index (χ2v) is 5.25. The molecule has 0 saturated heterocycles. The van der Waals surface area contributed by atoms with Crippen molar-refractivity contribution in [3.8, 4) is 5.75 Å². The van der Waals surface area contributed by atoms with Crippen molar-refractivity contribution in [3.63, 3.8) is 0 Å². The largest absolute Gasteiger partial charge is 0.497 e. The van der Waals surface area contributed by atoms with Gasteiger partial charge in [0, 0.05) is 5.69 Å². The van der Waals surface area contributed by atoms with E-state index in [0.717, 1.165) is 17.0 Å². The van der Waals surface area contributed by atoms with Crippen molar-refractivity contribution in [1.29, 1.82) is 0 Å². The highest BCUT2D eigenvalue weighted by molar-refractivity contribution is 5.46. The lowest BCUT2D eigenvalue weighted by Crippen LogP contribution is -2.13. The lowest BCUT2D eigenvalue weighted by Gasteiger charge is -2.07. The van der Waals surface area contributed by atoms with Crippen molar-refractivity contribution in [1.82, 2.24) is 15.2 Å². The van der Waals surface area contributed by atoms with Gasteiger partial charge in [0.05, 0.1) is 19.7 Å². The van der Waals surface area contributed by atoms with Gasteiger partial charge in [0.15, 0.2) is 5.82 Å². The number of methoxy groups -OCH3 is 1. The molecule has 1 aromatic heterocycles. The van der Waals surface area contributed by atoms with E-state index in [-0.39, 0.29) is 5.82 Å². The lowest BCUT2D eigenvalue weighted by molar-refractivity contribution is 0.415. The minimum absolute atomic E-state index is 0.301. The van der Waals surface area contributed by atoms with Crippen molar-refractivity contribution < 1.29 is 9.13 Å². The van der Waals surface area contributed by atoms with Gasteiger partial charge in [0.2, 0.25) is 0 Å². The fourth-order valence-corrected chi connectivity index (χ4v) is 2.24. The molecule has 2 aromatic carbocycles. The topological polar surface area (TPSA) is 88.8 Å². The number of nitrogens with zero attached hydrogens (tertiary/aromatic N) is 2. The zero-order valence-corrected chi connectivity index (χ0v) is 13.2. The van der Waals surface area contributed by atoms with Gasteiger partial charge in [-0.3, -0.25) is 5.10 Å². The molecular formula is C17H18FN5O. The van der Waals surface area contributed by atoms with Crippen LogP contribution in [0.5, 0.6) is 5.75 Å². The van der Waals surface area contributed by atoms with E-state index in [1.165, 1.54) is 12.1 Å². The fraction of sp³-hybridized carbons (Fsp3) is 0.176. The van der Waals surface area contributed by atoms with E-state index >= 15 is 0 Å². The standard InChI is InChI=1S/C17H18FN5O/c1-24-14-8-6-13(7-9-14)20-10-15-21-17(23-22-15)16(19)11-2-4-12(18)5-3-11/h2-9,16,20H,10,19H2,1H3,(H,21,22,23)/t16-/m0/s1. The summed E-state index contributed by atoms with van der Waals surface area (Å²) < 4.78 is 18.1. The second-order valence-electron chi connectivity index (χ2n) is 5.25. The Balaban J connectivity index is 1.63. The van der Waals surface area contributed by atoms with Crippen LogP contribution in [-0.4, -0.2) is 22.3 Å². The van der Waals surface area contributed by atoms with Crippen LogP contribution in [0.15, 0.2) is 48.5 Å². The number of ether oxygens (including phenoxy) is 1. The number of H-pyrrole nitrogens is 1. The van der Waals surface area contributed by atoms with Gasteiger partial charge < -0.3 is 15.8 Å². The summed E-state index contributed by atoms with van der Waals surface area (Å²) in [6.45, 7) is 0.482. The van der Waals surface area contributed by atoms with Gasteiger partial charge in [-0.05, 0) is 42.0 Å². The fourth-order valence-electron chi connectivity index (χ4n) is 2.24. The monoisotopic (exact) mass is 327 g/mol. The summed E-state index contributed by atoms with van der Waals surface area (Å²) in [4.78, 5) is 4.39. The molecule has 0 radical (unpaired) electrons. The molecule has 3 aromatic rings. The first-order valence-corrected chi connectivity index (χ1v) is 7.46. The van der Waals surface area contributed by atoms with Crippen LogP contribution in [0.4, 0.5) is 10.1 Å². The van der Waals surface area contributed by atoms with Crippen LogP contribution < -0.4 is 15.8 Å². The first-order valence-electron chi connectivity index (χ1n) is 7.46. The molecule has 0 fully saturated rings. The molecule has 7 heteroatoms. The molecule has 0 spiro atoms. The average molecular weight is 327 g/mol. The maximum atomic E-state index is 13.0. The molecule has 4 N–H and O–H groups in total. The smallest absolute Gasteiger partial charge is 0.171 e. The maximum Gasteiger partial charge on any atom is 0.171 e. The van der Waals surface area contributed by atoms with E-state index < -0.39 is 6.04 Å². The Morgan fingerprint density at radius 1 is 1.17 bits per heavy atom. The van der Waals surface area contributed by atoms with Crippen LogP contribution in [0.25, 0.3) is 0 Å². The number of rotatable bonds is 6. The first kappa shape index (κ1) is 15.9. The zero-order valence-electron chi connectivity index (χ0n) is 13.2. The van der Waals surface area contributed by atoms with Crippen molar-refractivity contribution in [2.75, 3.05) is 12.4 Å². The molecule has 0 aliphatic carbocycles. The van der Waals surface area contributed by atoms with Gasteiger partial charge in [-0.25, -0.2) is 9.37 Å². The number of aromatic amines is 1. The number of benzene rings is 2. The van der Waals surface area contributed by atoms with Crippen molar-refractivity contribution >= 4 is 5.69 Å². The number of nitrogens with one attached hydrogen (secondary N) is 2. The maximum absolute atomic E-state index is 13.0. The number of halogens is 1. The Morgan fingerprint density at radius 2 is 1.88 bits per heavy atom. The number of aromatic nitrogens is 3. The van der Waals surface area contributed by atoms with Gasteiger partial charge in [0.25, 0.3) is 0 Å². The van der Waals surface area contributed by atoms with Gasteiger partial charge in [-0.1, -0.05) is 12.1 Å². The molecule has 0 bridgehead atoms. The Labute approximate surface area is 138 Å². The average Bonchev–Trinajstić information content (AvgIpc) is 3.09. The molecule has 0 aliphatic rings. The molecule has 24 heavy (non-hydrogen) atoms. The Morgan fingerprint density at radius 3 is 2.54 bits per heavy atom. The van der Waals surface area contributed by atoms with Crippen LogP contribution in [0, 0.1) is 5.82 Å². The van der Waals surface area contributed by atoms with Crippen LogP contribution in [-0.2, 0) is 6.54 Å². The number of hydrogen-bond donors (Lipinski definition) is 3. The Kier molecular flexibility index (Phi) is 4.72. The van der Waals surface area contributed by atoms with Crippen LogP contribution in [0.2, 0.25) is 0 Å². The molecule has 1 atom stereocenters. The minimum Gasteiger partial charge on any atom is -0.497 e. The molecule has 0 aliphatic heterocycles. The third-order valence-electron chi connectivity index (χ3n) is 3.61. The van der Waals surface area contributed by atoms with Gasteiger partial charge in [0.1, 0.15) is 17.4 Å². The summed E-state index contributed by atoms with van der Waals surface area (Å²) in [7, 11) is 1.63. The summed E-state index contributed by atoms with van der Waals surface area (Å²) >= 11 is 0. The van der Waals surface area contributed by atoms with Crippen LogP contribution in [0.1, 0.15) is 23.3 Å². The first-order chi connectivity index (χ1) is 11.7. The number of hydrogen-bond acceptors (Lipinski definition) is 5. The molecule has 0 unspecified atom stereocenters. The predicted octanol–water partition coefficient (Wildman–Crippen LogP) is 2.61. The summed E-state index contributed by atoms with van der Waals surface area (Å²) in [5.74, 6) is 1.63. The third kappa shape index (κ3) is 3.69. The molecule has 3 rings (SSSR count). The Bertz CT molecular complexity index is 786. The highest BCUT2D eigenvalue weighted by Crippen LogP contribution is 2.18. The Hall–Kier alpha value is -2.93. The number of anilines is 1. The van der Waals surface area contributed by atoms with E-state index in [0.29, 0.717) is 18.2 Å².